The van der Waals surface area contributed by atoms with Gasteiger partial charge in [0.05, 0.1) is 36.7 Å². The Labute approximate surface area is 233 Å². The number of carbonyl (C=O) groups is 2. The summed E-state index contributed by atoms with van der Waals surface area (Å²) in [6, 6.07) is 3.88. The molecule has 0 spiro atoms. The molecule has 0 fully saturated rings. The van der Waals surface area contributed by atoms with E-state index in [-0.39, 0.29) is 54.6 Å². The van der Waals surface area contributed by atoms with Crippen LogP contribution in [0.25, 0.3) is 0 Å². The fourth-order valence-electron chi connectivity index (χ4n) is 4.37. The summed E-state index contributed by atoms with van der Waals surface area (Å²) in [6.07, 6.45) is 2.87. The van der Waals surface area contributed by atoms with E-state index in [1.807, 2.05) is 27.7 Å². The van der Waals surface area contributed by atoms with Crippen LogP contribution in [0.3, 0.4) is 0 Å². The van der Waals surface area contributed by atoms with Crippen LogP contribution in [0.4, 0.5) is 10.5 Å². The molecule has 11 nitrogen and oxygen atoms in total. The number of benzene rings is 1. The van der Waals surface area contributed by atoms with Gasteiger partial charge >= 0.3 is 6.03 Å². The van der Waals surface area contributed by atoms with Crippen molar-refractivity contribution in [3.8, 4) is 5.75 Å². The van der Waals surface area contributed by atoms with Crippen LogP contribution in [0.5, 0.6) is 5.75 Å². The van der Waals surface area contributed by atoms with E-state index in [0.29, 0.717) is 18.9 Å². The van der Waals surface area contributed by atoms with E-state index in [0.717, 1.165) is 25.5 Å². The number of nitrogens with one attached hydrogen (secondary N) is 2. The zero-order chi connectivity index (χ0) is 29.3. The molecule has 3 N–H and O–H groups in total. The number of anilines is 1. The van der Waals surface area contributed by atoms with E-state index in [1.165, 1.54) is 6.07 Å². The lowest BCUT2D eigenvalue weighted by Crippen LogP contribution is -2.49. The van der Waals surface area contributed by atoms with Crippen molar-refractivity contribution in [2.75, 3.05) is 44.3 Å². The Bertz CT molecular complexity index is 1070. The Kier molecular flexibility index (Phi) is 12.3. The number of rotatable bonds is 7. The van der Waals surface area contributed by atoms with E-state index >= 15 is 0 Å². The standard InChI is InChI=1S/C27H46N4O7S/c1-18(2)28-27(34)30(6)16-25-19(3)15-31(20(4)17-32)26(33)23-14-22(29-39(7,35)36)11-12-24(23)38-21(5)10-8-9-13-37-25/h11-12,14,18-21,25,29,32H,8-10,13,15-17H2,1-7H3,(H,28,34)/t19-,20+,21-,25+/m1/s1. The minimum atomic E-state index is -3.57. The van der Waals surface area contributed by atoms with Crippen LogP contribution in [0, 0.1) is 5.92 Å². The number of aliphatic hydroxyl groups excluding tert-OH is 1. The number of aliphatic hydroxyl groups is 1. The van der Waals surface area contributed by atoms with Crippen LogP contribution in [0.1, 0.15) is 64.2 Å². The smallest absolute Gasteiger partial charge is 0.317 e. The Morgan fingerprint density at radius 2 is 1.92 bits per heavy atom. The van der Waals surface area contributed by atoms with Gasteiger partial charge in [-0.25, -0.2) is 13.2 Å². The van der Waals surface area contributed by atoms with Gasteiger partial charge in [-0.05, 0) is 65.2 Å². The van der Waals surface area contributed by atoms with Crippen molar-refractivity contribution >= 4 is 27.6 Å². The van der Waals surface area contributed by atoms with Crippen LogP contribution >= 0.6 is 0 Å². The molecule has 1 aromatic carbocycles. The highest BCUT2D eigenvalue weighted by Crippen LogP contribution is 2.28. The monoisotopic (exact) mass is 570 g/mol. The van der Waals surface area contributed by atoms with Gasteiger partial charge in [-0.3, -0.25) is 9.52 Å². The van der Waals surface area contributed by atoms with Gasteiger partial charge in [0.25, 0.3) is 5.91 Å². The first kappa shape index (κ1) is 32.6. The third kappa shape index (κ3) is 10.5. The molecule has 1 aromatic rings. The summed E-state index contributed by atoms with van der Waals surface area (Å²) in [7, 11) is -1.86. The minimum Gasteiger partial charge on any atom is -0.490 e. The van der Waals surface area contributed by atoms with E-state index < -0.39 is 22.0 Å². The van der Waals surface area contributed by atoms with Crippen molar-refractivity contribution in [3.05, 3.63) is 23.8 Å². The number of carbonyl (C=O) groups excluding carboxylic acids is 2. The molecular formula is C27H46N4O7S. The molecule has 2 rings (SSSR count). The van der Waals surface area contributed by atoms with Gasteiger partial charge in [-0.2, -0.15) is 0 Å². The molecule has 0 aliphatic carbocycles. The van der Waals surface area contributed by atoms with Crippen LogP contribution in [-0.4, -0.2) is 99.2 Å². The molecule has 39 heavy (non-hydrogen) atoms. The fourth-order valence-corrected chi connectivity index (χ4v) is 4.93. The minimum absolute atomic E-state index is 0.00726. The predicted octanol–water partition coefficient (Wildman–Crippen LogP) is 2.90. The van der Waals surface area contributed by atoms with Gasteiger partial charge in [-0.15, -0.1) is 0 Å². The normalized spacial score (nSPS) is 22.3. The van der Waals surface area contributed by atoms with Crippen LogP contribution < -0.4 is 14.8 Å². The highest BCUT2D eigenvalue weighted by atomic mass is 32.2. The molecule has 0 radical (unpaired) electrons. The summed E-state index contributed by atoms with van der Waals surface area (Å²) in [4.78, 5) is 29.7. The first-order valence-corrected chi connectivity index (χ1v) is 15.4. The average Bonchev–Trinajstić information content (AvgIpc) is 2.84. The van der Waals surface area contributed by atoms with Gasteiger partial charge in [0.2, 0.25) is 10.0 Å². The molecule has 0 saturated carbocycles. The second kappa shape index (κ2) is 14.7. The Morgan fingerprint density at radius 3 is 2.54 bits per heavy atom. The summed E-state index contributed by atoms with van der Waals surface area (Å²) in [5, 5.41) is 12.9. The molecule has 222 valence electrons. The van der Waals surface area contributed by atoms with Gasteiger partial charge in [0, 0.05) is 44.4 Å². The van der Waals surface area contributed by atoms with Crippen molar-refractivity contribution in [2.45, 2.75) is 78.2 Å². The van der Waals surface area contributed by atoms with Crippen molar-refractivity contribution < 1.29 is 32.6 Å². The van der Waals surface area contributed by atoms with Gasteiger partial charge in [-0.1, -0.05) is 6.92 Å². The maximum atomic E-state index is 14.0. The first-order chi connectivity index (χ1) is 18.2. The summed E-state index contributed by atoms with van der Waals surface area (Å²) in [5.74, 6) is -0.241. The fraction of sp³-hybridized carbons (Fsp3) is 0.704. The number of amides is 3. The predicted molar refractivity (Wildman–Crippen MR) is 152 cm³/mol. The number of fused-ring (bicyclic) bond motifs is 1. The first-order valence-electron chi connectivity index (χ1n) is 13.5. The molecule has 0 aromatic heterocycles. The molecule has 0 unspecified atom stereocenters. The van der Waals surface area contributed by atoms with E-state index in [4.69, 9.17) is 9.47 Å². The van der Waals surface area contributed by atoms with Crippen LogP contribution in [0.15, 0.2) is 18.2 Å². The molecule has 0 bridgehead atoms. The molecular weight excluding hydrogens is 524 g/mol. The molecule has 3 amide bonds. The second-order valence-corrected chi connectivity index (χ2v) is 12.6. The van der Waals surface area contributed by atoms with Gasteiger partial charge in [0.1, 0.15) is 5.75 Å². The molecule has 1 aliphatic heterocycles. The summed E-state index contributed by atoms with van der Waals surface area (Å²) < 4.78 is 38.5. The number of likely N-dealkylation sites (N-methyl/N-ethyl adjacent to an activating group) is 1. The Hall–Kier alpha value is -2.57. The van der Waals surface area contributed by atoms with Gasteiger partial charge in [0.15, 0.2) is 0 Å². The number of urea groups is 1. The number of ether oxygens (including phenoxy) is 2. The summed E-state index contributed by atoms with van der Waals surface area (Å²) >= 11 is 0. The molecule has 4 atom stereocenters. The molecule has 1 aliphatic rings. The highest BCUT2D eigenvalue weighted by Gasteiger charge is 2.31. The van der Waals surface area contributed by atoms with Crippen molar-refractivity contribution in [1.82, 2.24) is 15.1 Å². The SMILES string of the molecule is CC(C)NC(=O)N(C)C[C@@H]1OCCCC[C@@H](C)Oc2ccc(NS(C)(=O)=O)cc2C(=O)N([C@@H](C)CO)C[C@H]1C. The van der Waals surface area contributed by atoms with Crippen molar-refractivity contribution in [3.63, 3.8) is 0 Å². The zero-order valence-electron chi connectivity index (χ0n) is 24.3. The lowest BCUT2D eigenvalue weighted by atomic mass is 10.0. The quantitative estimate of drug-likeness (QED) is 0.458. The lowest BCUT2D eigenvalue weighted by Gasteiger charge is -2.36. The number of nitrogens with zero attached hydrogens (tertiary/aromatic N) is 2. The molecule has 0 saturated heterocycles. The second-order valence-electron chi connectivity index (χ2n) is 10.9. The van der Waals surface area contributed by atoms with E-state index in [9.17, 15) is 23.1 Å². The van der Waals surface area contributed by atoms with Gasteiger partial charge < -0.3 is 29.7 Å². The third-order valence-corrected chi connectivity index (χ3v) is 7.17. The van der Waals surface area contributed by atoms with Crippen molar-refractivity contribution in [2.24, 2.45) is 5.92 Å². The highest BCUT2D eigenvalue weighted by molar-refractivity contribution is 7.92. The zero-order valence-corrected chi connectivity index (χ0v) is 25.1. The maximum Gasteiger partial charge on any atom is 0.317 e. The number of hydrogen-bond donors (Lipinski definition) is 3. The Balaban J connectivity index is 2.46. The van der Waals surface area contributed by atoms with Crippen LogP contribution in [0.2, 0.25) is 0 Å². The summed E-state index contributed by atoms with van der Waals surface area (Å²) in [6.45, 7) is 10.2. The maximum absolute atomic E-state index is 14.0. The third-order valence-electron chi connectivity index (χ3n) is 6.57. The average molecular weight is 571 g/mol. The molecule has 12 heteroatoms. The lowest BCUT2D eigenvalue weighted by molar-refractivity contribution is -0.0122. The number of sulfonamides is 1. The summed E-state index contributed by atoms with van der Waals surface area (Å²) in [5.41, 5.74) is 0.441. The van der Waals surface area contributed by atoms with Crippen molar-refractivity contribution in [1.29, 1.82) is 0 Å². The largest absolute Gasteiger partial charge is 0.490 e. The van der Waals surface area contributed by atoms with Crippen LogP contribution in [-0.2, 0) is 14.8 Å². The molecule has 1 heterocycles. The topological polar surface area (TPSA) is 138 Å². The van der Waals surface area contributed by atoms with E-state index in [2.05, 4.69) is 10.0 Å². The Morgan fingerprint density at radius 1 is 1.23 bits per heavy atom. The van der Waals surface area contributed by atoms with E-state index in [1.54, 1.807) is 35.9 Å². The number of hydrogen-bond acceptors (Lipinski definition) is 7.